The van der Waals surface area contributed by atoms with Crippen LogP contribution in [0.2, 0.25) is 0 Å². The number of nitrogens with one attached hydrogen (secondary N) is 1. The Morgan fingerprint density at radius 3 is 2.63 bits per heavy atom. The van der Waals surface area contributed by atoms with Gasteiger partial charge >= 0.3 is 0 Å². The first-order chi connectivity index (χ1) is 13.2. The SMILES string of the molecule is CCN(CC)CCn1c(CN2NC(I)c3ccccc32)nc2ccccc21. The predicted octanol–water partition coefficient (Wildman–Crippen LogP) is 4.34. The molecule has 0 aliphatic carbocycles. The first-order valence-corrected chi connectivity index (χ1v) is 10.9. The van der Waals surface area contributed by atoms with Gasteiger partial charge in [-0.05, 0) is 31.3 Å². The molecule has 1 N–H and O–H groups in total. The number of fused-ring (bicyclic) bond motifs is 2. The first-order valence-electron chi connectivity index (χ1n) is 9.64. The van der Waals surface area contributed by atoms with Crippen LogP contribution in [-0.2, 0) is 13.1 Å². The van der Waals surface area contributed by atoms with Gasteiger partial charge in [0.15, 0.2) is 0 Å². The van der Waals surface area contributed by atoms with Crippen LogP contribution in [0.4, 0.5) is 5.69 Å². The molecule has 0 saturated carbocycles. The molecule has 2 aromatic carbocycles. The van der Waals surface area contributed by atoms with E-state index in [9.17, 15) is 0 Å². The van der Waals surface area contributed by atoms with E-state index in [0.29, 0.717) is 4.05 Å². The van der Waals surface area contributed by atoms with E-state index >= 15 is 0 Å². The lowest BCUT2D eigenvalue weighted by Gasteiger charge is -2.22. The molecule has 1 atom stereocenters. The fraction of sp³-hybridized carbons (Fsp3) is 0.381. The molecule has 2 heterocycles. The molecule has 0 bridgehead atoms. The molecule has 1 aliphatic rings. The second-order valence-electron chi connectivity index (χ2n) is 6.83. The monoisotopic (exact) mass is 475 g/mol. The normalized spacial score (nSPS) is 16.4. The molecule has 1 unspecified atom stereocenters. The number of para-hydroxylation sites is 3. The van der Waals surface area contributed by atoms with E-state index < -0.39 is 0 Å². The quantitative estimate of drug-likeness (QED) is 0.314. The van der Waals surface area contributed by atoms with Crippen LogP contribution >= 0.6 is 22.6 Å². The van der Waals surface area contributed by atoms with E-state index in [1.807, 2.05) is 0 Å². The van der Waals surface area contributed by atoms with Crippen molar-refractivity contribution in [3.63, 3.8) is 0 Å². The van der Waals surface area contributed by atoms with Gasteiger partial charge in [0.2, 0.25) is 0 Å². The number of hydrogen-bond donors (Lipinski definition) is 1. The number of alkyl halides is 1. The Bertz CT molecular complexity index is 918. The topological polar surface area (TPSA) is 36.3 Å². The maximum Gasteiger partial charge on any atom is 0.131 e. The van der Waals surface area contributed by atoms with Crippen LogP contribution in [0.15, 0.2) is 48.5 Å². The van der Waals surface area contributed by atoms with E-state index in [1.165, 1.54) is 16.8 Å². The summed E-state index contributed by atoms with van der Waals surface area (Å²) in [6, 6.07) is 17.1. The van der Waals surface area contributed by atoms with Crippen LogP contribution in [0.3, 0.4) is 0 Å². The third-order valence-electron chi connectivity index (χ3n) is 5.34. The van der Waals surface area contributed by atoms with Gasteiger partial charge in [-0.1, -0.05) is 66.8 Å². The van der Waals surface area contributed by atoms with Gasteiger partial charge in [-0.25, -0.2) is 10.4 Å². The number of benzene rings is 2. The van der Waals surface area contributed by atoms with Crippen molar-refractivity contribution in [2.75, 3.05) is 24.6 Å². The zero-order valence-corrected chi connectivity index (χ0v) is 18.1. The summed E-state index contributed by atoms with van der Waals surface area (Å²) >= 11 is 2.45. The van der Waals surface area contributed by atoms with Crippen molar-refractivity contribution >= 4 is 39.3 Å². The summed E-state index contributed by atoms with van der Waals surface area (Å²) in [7, 11) is 0. The highest BCUT2D eigenvalue weighted by atomic mass is 127. The number of hydrogen-bond acceptors (Lipinski definition) is 4. The van der Waals surface area contributed by atoms with Gasteiger partial charge in [-0.2, -0.15) is 0 Å². The highest BCUT2D eigenvalue weighted by Crippen LogP contribution is 2.37. The van der Waals surface area contributed by atoms with Gasteiger partial charge in [0.05, 0.1) is 23.3 Å². The van der Waals surface area contributed by atoms with Crippen molar-refractivity contribution in [1.29, 1.82) is 0 Å². The maximum atomic E-state index is 4.96. The molecule has 1 aliphatic heterocycles. The third kappa shape index (κ3) is 3.70. The highest BCUT2D eigenvalue weighted by Gasteiger charge is 2.27. The molecule has 1 aromatic heterocycles. The summed E-state index contributed by atoms with van der Waals surface area (Å²) in [5.41, 5.74) is 8.46. The average Bonchev–Trinajstić information content (AvgIpc) is 3.21. The first kappa shape index (κ1) is 18.7. The Morgan fingerprint density at radius 2 is 1.81 bits per heavy atom. The molecule has 27 heavy (non-hydrogen) atoms. The third-order valence-corrected chi connectivity index (χ3v) is 6.29. The van der Waals surface area contributed by atoms with E-state index in [4.69, 9.17) is 4.98 Å². The highest BCUT2D eigenvalue weighted by molar-refractivity contribution is 14.1. The maximum absolute atomic E-state index is 4.96. The van der Waals surface area contributed by atoms with Crippen molar-refractivity contribution in [1.82, 2.24) is 19.9 Å². The lowest BCUT2D eigenvalue weighted by molar-refractivity contribution is 0.290. The van der Waals surface area contributed by atoms with Gasteiger partial charge in [0.1, 0.15) is 9.87 Å². The van der Waals surface area contributed by atoms with Crippen molar-refractivity contribution in [2.24, 2.45) is 0 Å². The molecule has 0 spiro atoms. The van der Waals surface area contributed by atoms with Crippen molar-refractivity contribution in [2.45, 2.75) is 31.0 Å². The van der Waals surface area contributed by atoms with Crippen LogP contribution in [-0.4, -0.2) is 34.1 Å². The van der Waals surface area contributed by atoms with Crippen molar-refractivity contribution in [3.05, 3.63) is 59.9 Å². The summed E-state index contributed by atoms with van der Waals surface area (Å²) in [6.07, 6.45) is 0. The molecule has 4 rings (SSSR count). The number of nitrogens with zero attached hydrogens (tertiary/aromatic N) is 4. The Labute approximate surface area is 174 Å². The average molecular weight is 475 g/mol. The summed E-state index contributed by atoms with van der Waals surface area (Å²) in [5.74, 6) is 1.11. The van der Waals surface area contributed by atoms with E-state index in [2.05, 4.69) is 105 Å². The number of hydrazine groups is 1. The molecule has 0 fully saturated rings. The number of likely N-dealkylation sites (N-methyl/N-ethyl adjacent to an activating group) is 1. The molecule has 6 heteroatoms. The molecule has 0 radical (unpaired) electrons. The lowest BCUT2D eigenvalue weighted by atomic mass is 10.2. The van der Waals surface area contributed by atoms with Crippen LogP contribution in [0.5, 0.6) is 0 Å². The summed E-state index contributed by atoms with van der Waals surface area (Å²) in [6.45, 7) is 9.36. The number of aromatic nitrogens is 2. The van der Waals surface area contributed by atoms with Crippen molar-refractivity contribution < 1.29 is 0 Å². The lowest BCUT2D eigenvalue weighted by Crippen LogP contribution is -2.34. The summed E-state index contributed by atoms with van der Waals surface area (Å²) in [4.78, 5) is 7.43. The molecular formula is C21H26IN5. The number of imidazole rings is 1. The van der Waals surface area contributed by atoms with E-state index in [1.54, 1.807) is 0 Å². The van der Waals surface area contributed by atoms with Crippen LogP contribution in [0.1, 0.15) is 29.3 Å². The second-order valence-corrected chi connectivity index (χ2v) is 8.08. The fourth-order valence-electron chi connectivity index (χ4n) is 3.77. The summed E-state index contributed by atoms with van der Waals surface area (Å²) < 4.78 is 2.69. The Balaban J connectivity index is 1.64. The Hall–Kier alpha value is -1.64. The van der Waals surface area contributed by atoms with Gasteiger partial charge in [-0.3, -0.25) is 5.01 Å². The molecule has 3 aromatic rings. The van der Waals surface area contributed by atoms with Crippen molar-refractivity contribution in [3.8, 4) is 0 Å². The minimum atomic E-state index is 0.298. The van der Waals surface area contributed by atoms with Crippen LogP contribution < -0.4 is 10.4 Å². The molecule has 0 saturated heterocycles. The summed E-state index contributed by atoms with van der Waals surface area (Å²) in [5, 5.41) is 2.24. The molecular weight excluding hydrogens is 449 g/mol. The number of anilines is 1. The van der Waals surface area contributed by atoms with Gasteiger partial charge in [0.25, 0.3) is 0 Å². The smallest absolute Gasteiger partial charge is 0.131 e. The van der Waals surface area contributed by atoms with Crippen LogP contribution in [0, 0.1) is 0 Å². The largest absolute Gasteiger partial charge is 0.325 e. The number of rotatable bonds is 7. The van der Waals surface area contributed by atoms with Crippen LogP contribution in [0.25, 0.3) is 11.0 Å². The molecule has 142 valence electrons. The fourth-order valence-corrected chi connectivity index (χ4v) is 4.64. The zero-order chi connectivity index (χ0) is 18.8. The van der Waals surface area contributed by atoms with Gasteiger partial charge < -0.3 is 9.47 Å². The predicted molar refractivity (Wildman–Crippen MR) is 120 cm³/mol. The van der Waals surface area contributed by atoms with E-state index in [0.717, 1.165) is 44.1 Å². The minimum Gasteiger partial charge on any atom is -0.325 e. The molecule has 5 nitrogen and oxygen atoms in total. The number of halogens is 1. The van der Waals surface area contributed by atoms with Gasteiger partial charge in [0, 0.05) is 18.7 Å². The standard InChI is InChI=1S/C21H26IN5/c1-3-25(4-2)13-14-26-19-12-8-6-10-17(19)23-20(26)15-27-18-11-7-5-9-16(18)21(22)24-27/h5-12,21,24H,3-4,13-15H2,1-2H3. The Morgan fingerprint density at radius 1 is 1.07 bits per heavy atom. The zero-order valence-electron chi connectivity index (χ0n) is 15.9. The Kier molecular flexibility index (Phi) is 5.66. The van der Waals surface area contributed by atoms with E-state index in [-0.39, 0.29) is 0 Å². The minimum absolute atomic E-state index is 0.298. The molecule has 0 amide bonds. The second kappa shape index (κ2) is 8.16. The van der Waals surface area contributed by atoms with Gasteiger partial charge in [-0.15, -0.1) is 0 Å².